The van der Waals surface area contributed by atoms with Crippen LogP contribution < -0.4 is 43.4 Å². The molecule has 3 aromatic rings. The first-order chi connectivity index (χ1) is 33.0. The van der Waals surface area contributed by atoms with E-state index in [2.05, 4.69) is 46.9 Å². The molecule has 3 heterocycles. The van der Waals surface area contributed by atoms with Gasteiger partial charge in [0.15, 0.2) is 0 Å². The van der Waals surface area contributed by atoms with Crippen LogP contribution in [-0.4, -0.2) is 157 Å². The molecule has 69 heavy (non-hydrogen) atoms. The molecule has 0 radical (unpaired) electrons. The Hall–Kier alpha value is -6.53. The number of aromatic amines is 2. The maximum absolute atomic E-state index is 14.6. The second-order valence-corrected chi connectivity index (χ2v) is 18.0. The van der Waals surface area contributed by atoms with Crippen molar-refractivity contribution in [2.75, 3.05) is 31.6 Å². The van der Waals surface area contributed by atoms with Crippen molar-refractivity contribution in [3.8, 4) is 0 Å². The number of nitrogens with two attached hydrogens (primary N) is 2. The molecule has 2 aromatic heterocycles. The number of benzene rings is 1. The average molecular weight is 983 g/mol. The van der Waals surface area contributed by atoms with Gasteiger partial charge in [0.05, 0.1) is 25.3 Å². The van der Waals surface area contributed by atoms with Crippen LogP contribution in [0.1, 0.15) is 76.5 Å². The van der Waals surface area contributed by atoms with Crippen LogP contribution in [0.15, 0.2) is 43.0 Å². The summed E-state index contributed by atoms with van der Waals surface area (Å²) in [6.07, 6.45) is 8.02. The molecule has 0 aliphatic carbocycles. The lowest BCUT2D eigenvalue weighted by atomic mass is 9.97. The Kier molecular flexibility index (Phi) is 21.9. The smallest absolute Gasteiger partial charge is 0.326 e. The van der Waals surface area contributed by atoms with Gasteiger partial charge >= 0.3 is 11.9 Å². The molecule has 23 nitrogen and oxygen atoms in total. The molecule has 7 amide bonds. The predicted octanol–water partition coefficient (Wildman–Crippen LogP) is -0.978. The first-order valence-electron chi connectivity index (χ1n) is 23.0. The quantitative estimate of drug-likeness (QED) is 0.0372. The molecule has 0 bridgehead atoms. The molecule has 1 fully saturated rings. The number of carbonyl (C=O) groups excluding carboxylic acids is 7. The van der Waals surface area contributed by atoms with Crippen molar-refractivity contribution in [3.63, 3.8) is 0 Å². The Morgan fingerprint density at radius 3 is 2.25 bits per heavy atom. The fourth-order valence-corrected chi connectivity index (χ4v) is 8.36. The van der Waals surface area contributed by atoms with E-state index in [4.69, 9.17) is 11.5 Å². The summed E-state index contributed by atoms with van der Waals surface area (Å²) in [6, 6.07) is -1.27. The first kappa shape index (κ1) is 55.1. The molecule has 14 N–H and O–H groups in total. The van der Waals surface area contributed by atoms with E-state index in [1.807, 2.05) is 30.5 Å². The number of hydrogen-bond donors (Lipinski definition) is 12. The second kappa shape index (κ2) is 27.5. The monoisotopic (exact) mass is 982 g/mol. The minimum absolute atomic E-state index is 0.00583. The zero-order chi connectivity index (χ0) is 50.6. The van der Waals surface area contributed by atoms with Gasteiger partial charge < -0.3 is 68.4 Å². The van der Waals surface area contributed by atoms with Crippen molar-refractivity contribution in [3.05, 3.63) is 54.2 Å². The predicted molar refractivity (Wildman–Crippen MR) is 255 cm³/mol. The third kappa shape index (κ3) is 16.6. The molecule has 4 rings (SSSR count). The minimum atomic E-state index is -1.71. The Morgan fingerprint density at radius 1 is 0.870 bits per heavy atom. The van der Waals surface area contributed by atoms with Crippen LogP contribution in [0, 0.1) is 5.92 Å². The molecule has 1 aromatic carbocycles. The van der Waals surface area contributed by atoms with Gasteiger partial charge in [0.1, 0.15) is 36.3 Å². The van der Waals surface area contributed by atoms with Crippen molar-refractivity contribution in [1.82, 2.24) is 51.8 Å². The van der Waals surface area contributed by atoms with Gasteiger partial charge in [0.2, 0.25) is 41.4 Å². The number of aromatic nitrogens is 3. The lowest BCUT2D eigenvalue weighted by Crippen LogP contribution is -2.59. The summed E-state index contributed by atoms with van der Waals surface area (Å²) >= 11 is 1.46. The number of likely N-dealkylation sites (tertiary alicyclic amines) is 1. The zero-order valence-corrected chi connectivity index (χ0v) is 39.9. The molecule has 24 heteroatoms. The molecule has 378 valence electrons. The zero-order valence-electron chi connectivity index (χ0n) is 39.1. The van der Waals surface area contributed by atoms with Gasteiger partial charge in [-0.3, -0.25) is 38.4 Å². The standard InChI is InChI=1S/C45H66N12O11S/c1-4-25(2)38(43(65)54-32(45(67)68)12-7-8-15-46)56-41(63)33(20-37(59)60)52-36(58)23-50-42(64)35-13-9-16-57(35)44(66)34(18-26-21-49-30-11-6-5-10-28(26)30)55-40(62)31(14-17-69-3)53-39(61)29(47)19-27-22-48-24-51-27/h5-6,10-11,21-22,24-25,29,31-35,38,49H,4,7-9,12-20,23,46-47H2,1-3H3,(H,48,51)(H,50,64)(H,52,58)(H,53,61)(H,54,65)(H,55,62)(H,56,63)(H,59,60)(H,67,68)/t25-,29-,31-,32-,33-,34-,35-,38-/m0/s1. The van der Waals surface area contributed by atoms with E-state index in [0.29, 0.717) is 49.2 Å². The average Bonchev–Trinajstić information content (AvgIpc) is 4.12. The number of imidazole rings is 1. The third-order valence-corrected chi connectivity index (χ3v) is 12.6. The van der Waals surface area contributed by atoms with E-state index in [9.17, 15) is 53.4 Å². The summed E-state index contributed by atoms with van der Waals surface area (Å²) in [6.45, 7) is 3.10. The van der Waals surface area contributed by atoms with Crippen molar-refractivity contribution in [2.24, 2.45) is 17.4 Å². The van der Waals surface area contributed by atoms with Gasteiger partial charge in [-0.25, -0.2) is 9.78 Å². The van der Waals surface area contributed by atoms with Gasteiger partial charge in [-0.05, 0) is 74.6 Å². The largest absolute Gasteiger partial charge is 0.481 e. The third-order valence-electron chi connectivity index (χ3n) is 11.9. The highest BCUT2D eigenvalue weighted by atomic mass is 32.2. The van der Waals surface area contributed by atoms with Crippen LogP contribution in [0.4, 0.5) is 0 Å². The van der Waals surface area contributed by atoms with Crippen molar-refractivity contribution < 1.29 is 53.4 Å². The lowest BCUT2D eigenvalue weighted by Gasteiger charge is -2.30. The summed E-state index contributed by atoms with van der Waals surface area (Å²) in [4.78, 5) is 131. The van der Waals surface area contributed by atoms with Crippen LogP contribution >= 0.6 is 11.8 Å². The fourth-order valence-electron chi connectivity index (χ4n) is 7.89. The minimum Gasteiger partial charge on any atom is -0.481 e. The van der Waals surface area contributed by atoms with Crippen LogP contribution in [0.5, 0.6) is 0 Å². The van der Waals surface area contributed by atoms with Crippen LogP contribution in [-0.2, 0) is 56.0 Å². The van der Waals surface area contributed by atoms with E-state index in [0.717, 1.165) is 10.9 Å². The Morgan fingerprint density at radius 2 is 1.58 bits per heavy atom. The van der Waals surface area contributed by atoms with Gasteiger partial charge in [-0.15, -0.1) is 0 Å². The number of hydrogen-bond acceptors (Lipinski definition) is 13. The van der Waals surface area contributed by atoms with Crippen LogP contribution in [0.25, 0.3) is 10.9 Å². The number of H-pyrrole nitrogens is 2. The van der Waals surface area contributed by atoms with Crippen LogP contribution in [0.2, 0.25) is 0 Å². The van der Waals surface area contributed by atoms with E-state index >= 15 is 0 Å². The number of aliphatic carboxylic acids is 2. The van der Waals surface area contributed by atoms with Gasteiger partial charge in [0.25, 0.3) is 0 Å². The lowest BCUT2D eigenvalue weighted by molar-refractivity contribution is -0.143. The molecule has 0 unspecified atom stereocenters. The summed E-state index contributed by atoms with van der Waals surface area (Å²) in [5.41, 5.74) is 13.8. The number of nitrogens with zero attached hydrogens (tertiary/aromatic N) is 2. The number of para-hydroxylation sites is 1. The molecule has 1 saturated heterocycles. The number of rotatable bonds is 29. The van der Waals surface area contributed by atoms with Gasteiger partial charge in [-0.2, -0.15) is 11.8 Å². The van der Waals surface area contributed by atoms with Gasteiger partial charge in [0, 0.05) is 48.4 Å². The van der Waals surface area contributed by atoms with Crippen molar-refractivity contribution in [1.29, 1.82) is 0 Å². The maximum atomic E-state index is 14.6. The first-order valence-corrected chi connectivity index (χ1v) is 24.4. The fraction of sp³-hybridized carbons (Fsp3) is 0.556. The van der Waals surface area contributed by atoms with Crippen molar-refractivity contribution in [2.45, 2.75) is 120 Å². The molecule has 8 atom stereocenters. The van der Waals surface area contributed by atoms with Crippen molar-refractivity contribution >= 4 is 76.0 Å². The molecule has 0 saturated carbocycles. The van der Waals surface area contributed by atoms with E-state index in [1.54, 1.807) is 20.0 Å². The highest BCUT2D eigenvalue weighted by Crippen LogP contribution is 2.23. The Bertz CT molecular complexity index is 2240. The number of carbonyl (C=O) groups is 9. The molecule has 1 aliphatic heterocycles. The van der Waals surface area contributed by atoms with Gasteiger partial charge in [-0.1, -0.05) is 38.5 Å². The number of carboxylic acid groups (broad SMARTS) is 2. The second-order valence-electron chi connectivity index (χ2n) is 17.0. The molecule has 0 spiro atoms. The van der Waals surface area contributed by atoms with E-state index in [1.165, 1.54) is 29.2 Å². The summed E-state index contributed by atoms with van der Waals surface area (Å²) in [7, 11) is 0. The number of unbranched alkanes of at least 4 members (excludes halogenated alkanes) is 1. The molecular formula is C45H66N12O11S. The van der Waals surface area contributed by atoms with E-state index < -0.39 is 114 Å². The maximum Gasteiger partial charge on any atom is 0.326 e. The topological polar surface area (TPSA) is 366 Å². The Labute approximate surface area is 403 Å². The number of nitrogens with one attached hydrogen (secondary N) is 8. The highest BCUT2D eigenvalue weighted by molar-refractivity contribution is 7.98. The SMILES string of the molecule is CC[C@H](C)[C@H](NC(=O)[C@H](CC(=O)O)NC(=O)CNC(=O)[C@@H]1CCCN1C(=O)[C@H](Cc1c[nH]c2ccccc12)NC(=O)[C@H](CCSC)NC(=O)[C@@H](N)Cc1cnc[nH]1)C(=O)N[C@@H](CCCCN)C(=O)O. The normalized spacial score (nSPS) is 16.5. The molecule has 1 aliphatic rings. The Balaban J connectivity index is 1.47. The summed E-state index contributed by atoms with van der Waals surface area (Å²) in [5.74, 6) is -8.14. The van der Waals surface area contributed by atoms with E-state index in [-0.39, 0.29) is 38.6 Å². The number of thioether (sulfide) groups is 1. The number of amides is 7. The number of carboxylic acids is 2. The molecular weight excluding hydrogens is 917 g/mol. The number of fused-ring (bicyclic) bond motifs is 1. The summed E-state index contributed by atoms with van der Waals surface area (Å²) in [5, 5.41) is 35.4. The highest BCUT2D eigenvalue weighted by Gasteiger charge is 2.39. The summed E-state index contributed by atoms with van der Waals surface area (Å²) < 4.78 is 0. The van der Waals surface area contributed by atoms with Crippen LogP contribution in [0.3, 0.4) is 0 Å².